The van der Waals surface area contributed by atoms with Crippen LogP contribution in [0.4, 0.5) is 0 Å². The van der Waals surface area contributed by atoms with Gasteiger partial charge in [-0.25, -0.2) is 0 Å². The average Bonchev–Trinajstić information content (AvgIpc) is 3.03. The molecule has 5 nitrogen and oxygen atoms in total. The highest BCUT2D eigenvalue weighted by atomic mass is 16.5. The van der Waals surface area contributed by atoms with Crippen LogP contribution in [-0.2, 0) is 13.1 Å². The van der Waals surface area contributed by atoms with Crippen LogP contribution in [0.15, 0.2) is 48.7 Å². The van der Waals surface area contributed by atoms with Crippen LogP contribution < -0.4 is 10.1 Å². The van der Waals surface area contributed by atoms with Gasteiger partial charge in [0.1, 0.15) is 12.4 Å². The van der Waals surface area contributed by atoms with E-state index in [0.717, 1.165) is 28.8 Å². The van der Waals surface area contributed by atoms with Gasteiger partial charge in [-0.05, 0) is 11.6 Å². The molecule has 0 unspecified atom stereocenters. The Bertz CT molecular complexity index is 739. The number of H-pyrrole nitrogens is 1. The summed E-state index contributed by atoms with van der Waals surface area (Å²) in [7, 11) is 0. The molecule has 0 aliphatic carbocycles. The maximum absolute atomic E-state index is 8.87. The van der Waals surface area contributed by atoms with Crippen LogP contribution in [0.3, 0.4) is 0 Å². The van der Waals surface area contributed by atoms with Crippen LogP contribution in [0, 0.1) is 0 Å². The number of benzene rings is 2. The number of para-hydroxylation sites is 2. The smallest absolute Gasteiger partial charge is 0.123 e. The van der Waals surface area contributed by atoms with Crippen LogP contribution in [-0.4, -0.2) is 28.5 Å². The van der Waals surface area contributed by atoms with E-state index in [4.69, 9.17) is 9.84 Å². The van der Waals surface area contributed by atoms with Crippen molar-refractivity contribution in [2.24, 2.45) is 0 Å². The summed E-state index contributed by atoms with van der Waals surface area (Å²) in [5.74, 6) is 0.809. The third kappa shape index (κ3) is 3.27. The zero-order valence-corrected chi connectivity index (χ0v) is 12.2. The first-order chi connectivity index (χ1) is 10.9. The number of aliphatic hydroxyl groups excluding tert-OH is 1. The lowest BCUT2D eigenvalue weighted by Crippen LogP contribution is -2.14. The van der Waals surface area contributed by atoms with Crippen molar-refractivity contribution in [2.45, 2.75) is 13.1 Å². The van der Waals surface area contributed by atoms with Gasteiger partial charge in [0.05, 0.1) is 18.3 Å². The molecule has 0 saturated heterocycles. The van der Waals surface area contributed by atoms with E-state index in [2.05, 4.69) is 21.6 Å². The Labute approximate surface area is 128 Å². The molecule has 5 heteroatoms. The Morgan fingerprint density at radius 2 is 1.86 bits per heavy atom. The number of rotatable bonds is 7. The lowest BCUT2D eigenvalue weighted by molar-refractivity contribution is 0.200. The summed E-state index contributed by atoms with van der Waals surface area (Å²) in [4.78, 5) is 0. The standard InChI is InChI=1S/C17H19N3O2/c21-8-9-22-16-7-2-1-4-13(16)10-18-11-14-5-3-6-15-12-19-20-17(14)15/h1-7,12,18,21H,8-11H2,(H,19,20). The van der Waals surface area contributed by atoms with Crippen molar-refractivity contribution in [1.82, 2.24) is 15.5 Å². The molecule has 0 atom stereocenters. The van der Waals surface area contributed by atoms with E-state index in [1.165, 1.54) is 5.56 Å². The second-order valence-electron chi connectivity index (χ2n) is 5.03. The van der Waals surface area contributed by atoms with E-state index in [1.807, 2.05) is 42.6 Å². The van der Waals surface area contributed by atoms with Crippen molar-refractivity contribution in [3.63, 3.8) is 0 Å². The molecule has 0 amide bonds. The average molecular weight is 297 g/mol. The predicted molar refractivity (Wildman–Crippen MR) is 85.7 cm³/mol. The first kappa shape index (κ1) is 14.6. The molecule has 0 radical (unpaired) electrons. The molecule has 3 rings (SSSR count). The number of hydrogen-bond acceptors (Lipinski definition) is 4. The van der Waals surface area contributed by atoms with E-state index < -0.39 is 0 Å². The van der Waals surface area contributed by atoms with Crippen LogP contribution in [0.5, 0.6) is 5.75 Å². The monoisotopic (exact) mass is 297 g/mol. The molecule has 0 fully saturated rings. The molecule has 22 heavy (non-hydrogen) atoms. The van der Waals surface area contributed by atoms with E-state index in [0.29, 0.717) is 13.2 Å². The van der Waals surface area contributed by atoms with Gasteiger partial charge in [0.25, 0.3) is 0 Å². The Kier molecular flexibility index (Phi) is 4.68. The minimum atomic E-state index is 0.0174. The number of ether oxygens (including phenoxy) is 1. The number of nitrogens with zero attached hydrogens (tertiary/aromatic N) is 1. The highest BCUT2D eigenvalue weighted by Crippen LogP contribution is 2.19. The lowest BCUT2D eigenvalue weighted by atomic mass is 10.1. The lowest BCUT2D eigenvalue weighted by Gasteiger charge is -2.11. The topological polar surface area (TPSA) is 70.2 Å². The van der Waals surface area contributed by atoms with Gasteiger partial charge >= 0.3 is 0 Å². The SMILES string of the molecule is OCCOc1ccccc1CNCc1cccc2cn[nH]c12. The van der Waals surface area contributed by atoms with Crippen LogP contribution >= 0.6 is 0 Å². The van der Waals surface area contributed by atoms with Crippen molar-refractivity contribution in [1.29, 1.82) is 0 Å². The molecule has 3 aromatic rings. The van der Waals surface area contributed by atoms with Gasteiger partial charge in [-0.15, -0.1) is 0 Å². The summed E-state index contributed by atoms with van der Waals surface area (Å²) in [6, 6.07) is 14.0. The second kappa shape index (κ2) is 7.06. The molecule has 114 valence electrons. The predicted octanol–water partition coefficient (Wildman–Crippen LogP) is 2.22. The van der Waals surface area contributed by atoms with E-state index in [9.17, 15) is 0 Å². The van der Waals surface area contributed by atoms with Gasteiger partial charge in [0.15, 0.2) is 0 Å². The van der Waals surface area contributed by atoms with Gasteiger partial charge in [-0.1, -0.05) is 36.4 Å². The molecule has 2 aromatic carbocycles. The molecular formula is C17H19N3O2. The summed E-state index contributed by atoms with van der Waals surface area (Å²) < 4.78 is 5.54. The number of hydrogen-bond donors (Lipinski definition) is 3. The molecule has 0 saturated carbocycles. The molecule has 0 bridgehead atoms. The molecule has 0 aliphatic heterocycles. The third-order valence-electron chi connectivity index (χ3n) is 3.52. The third-order valence-corrected chi connectivity index (χ3v) is 3.52. The van der Waals surface area contributed by atoms with Gasteiger partial charge < -0.3 is 15.2 Å². The van der Waals surface area contributed by atoms with Gasteiger partial charge in [-0.2, -0.15) is 5.10 Å². The van der Waals surface area contributed by atoms with Crippen molar-refractivity contribution in [3.8, 4) is 5.75 Å². The first-order valence-corrected chi connectivity index (χ1v) is 7.32. The minimum absolute atomic E-state index is 0.0174. The summed E-state index contributed by atoms with van der Waals surface area (Å²) in [6.45, 7) is 1.77. The zero-order valence-electron chi connectivity index (χ0n) is 12.2. The van der Waals surface area contributed by atoms with Gasteiger partial charge in [0.2, 0.25) is 0 Å². The minimum Gasteiger partial charge on any atom is -0.491 e. The maximum atomic E-state index is 8.87. The van der Waals surface area contributed by atoms with Gasteiger partial charge in [0, 0.05) is 24.0 Å². The maximum Gasteiger partial charge on any atom is 0.123 e. The Morgan fingerprint density at radius 3 is 2.77 bits per heavy atom. The number of fused-ring (bicyclic) bond motifs is 1. The van der Waals surface area contributed by atoms with Crippen molar-refractivity contribution in [2.75, 3.05) is 13.2 Å². The first-order valence-electron chi connectivity index (χ1n) is 7.32. The van der Waals surface area contributed by atoms with Crippen LogP contribution in [0.2, 0.25) is 0 Å². The molecular weight excluding hydrogens is 278 g/mol. The molecule has 0 spiro atoms. The second-order valence-corrected chi connectivity index (χ2v) is 5.03. The summed E-state index contributed by atoms with van der Waals surface area (Å²) in [5, 5.41) is 20.5. The van der Waals surface area contributed by atoms with Crippen molar-refractivity contribution in [3.05, 3.63) is 59.8 Å². The van der Waals surface area contributed by atoms with Crippen LogP contribution in [0.25, 0.3) is 10.9 Å². The molecule has 0 aliphatic rings. The van der Waals surface area contributed by atoms with Crippen molar-refractivity contribution >= 4 is 10.9 Å². The summed E-state index contributed by atoms with van der Waals surface area (Å²) in [6.07, 6.45) is 1.83. The molecule has 3 N–H and O–H groups in total. The largest absolute Gasteiger partial charge is 0.491 e. The Morgan fingerprint density at radius 1 is 1.05 bits per heavy atom. The number of nitrogens with one attached hydrogen (secondary N) is 2. The zero-order chi connectivity index (χ0) is 15.2. The molecule has 1 aromatic heterocycles. The summed E-state index contributed by atoms with van der Waals surface area (Å²) >= 11 is 0. The number of aliphatic hydroxyl groups is 1. The highest BCUT2D eigenvalue weighted by Gasteiger charge is 2.05. The Hall–Kier alpha value is -2.37. The number of aromatic nitrogens is 2. The fourth-order valence-corrected chi connectivity index (χ4v) is 2.46. The fourth-order valence-electron chi connectivity index (χ4n) is 2.46. The number of aromatic amines is 1. The van der Waals surface area contributed by atoms with E-state index in [-0.39, 0.29) is 6.61 Å². The quantitative estimate of drug-likeness (QED) is 0.625. The van der Waals surface area contributed by atoms with E-state index >= 15 is 0 Å². The highest BCUT2D eigenvalue weighted by molar-refractivity contribution is 5.81. The van der Waals surface area contributed by atoms with E-state index in [1.54, 1.807) is 0 Å². The normalized spacial score (nSPS) is 11.0. The van der Waals surface area contributed by atoms with Crippen LogP contribution in [0.1, 0.15) is 11.1 Å². The van der Waals surface area contributed by atoms with Crippen molar-refractivity contribution < 1.29 is 9.84 Å². The molecule has 1 heterocycles. The Balaban J connectivity index is 1.65. The fraction of sp³-hybridized carbons (Fsp3) is 0.235. The van der Waals surface area contributed by atoms with Gasteiger partial charge in [-0.3, -0.25) is 5.10 Å². The summed E-state index contributed by atoms with van der Waals surface area (Å²) in [5.41, 5.74) is 3.33.